The molecule has 30 heavy (non-hydrogen) atoms. The van der Waals surface area contributed by atoms with E-state index >= 15 is 0 Å². The summed E-state index contributed by atoms with van der Waals surface area (Å²) >= 11 is 5.98. The predicted octanol–water partition coefficient (Wildman–Crippen LogP) is 4.67. The van der Waals surface area contributed by atoms with E-state index in [1.54, 1.807) is 17.0 Å². The largest absolute Gasteiger partial charge is 0.484 e. The number of amides is 2. The average Bonchev–Trinajstić information content (AvgIpc) is 2.74. The first-order valence-corrected chi connectivity index (χ1v) is 10.7. The lowest BCUT2D eigenvalue weighted by Gasteiger charge is -2.30. The molecule has 6 heteroatoms. The van der Waals surface area contributed by atoms with Gasteiger partial charge in [-0.2, -0.15) is 0 Å². The van der Waals surface area contributed by atoms with Crippen molar-refractivity contribution in [2.24, 2.45) is 0 Å². The third kappa shape index (κ3) is 6.77. The van der Waals surface area contributed by atoms with Gasteiger partial charge in [-0.05, 0) is 67.6 Å². The molecule has 0 spiro atoms. The molecule has 0 aliphatic rings. The van der Waals surface area contributed by atoms with E-state index in [2.05, 4.69) is 5.32 Å². The Morgan fingerprint density at radius 2 is 1.77 bits per heavy atom. The fraction of sp³-hybridized carbons (Fsp3) is 0.417. The number of carbonyl (C=O) groups is 2. The van der Waals surface area contributed by atoms with E-state index in [-0.39, 0.29) is 18.4 Å². The number of aryl methyl sites for hydroxylation is 2. The van der Waals surface area contributed by atoms with E-state index in [9.17, 15) is 9.59 Å². The fourth-order valence-electron chi connectivity index (χ4n) is 3.10. The van der Waals surface area contributed by atoms with Gasteiger partial charge >= 0.3 is 0 Å². The maximum Gasteiger partial charge on any atom is 0.261 e. The molecule has 0 radical (unpaired) electrons. The molecule has 5 nitrogen and oxygen atoms in total. The number of hydrogen-bond acceptors (Lipinski definition) is 3. The average molecular weight is 431 g/mol. The normalized spacial score (nSPS) is 11.6. The number of nitrogens with one attached hydrogen (secondary N) is 1. The summed E-state index contributed by atoms with van der Waals surface area (Å²) in [5, 5.41) is 3.53. The summed E-state index contributed by atoms with van der Waals surface area (Å²) in [6.45, 7) is 8.69. The number of nitrogens with zero attached hydrogens (tertiary/aromatic N) is 1. The molecule has 162 valence electrons. The van der Waals surface area contributed by atoms with Gasteiger partial charge in [-0.3, -0.25) is 9.59 Å². The summed E-state index contributed by atoms with van der Waals surface area (Å²) in [6, 6.07) is 12.5. The van der Waals surface area contributed by atoms with Crippen molar-refractivity contribution < 1.29 is 14.3 Å². The van der Waals surface area contributed by atoms with Gasteiger partial charge in [-0.25, -0.2) is 0 Å². The summed E-state index contributed by atoms with van der Waals surface area (Å²) in [4.78, 5) is 27.4. The number of carbonyl (C=O) groups excluding carboxylic acids is 2. The van der Waals surface area contributed by atoms with Gasteiger partial charge in [0.15, 0.2) is 6.61 Å². The van der Waals surface area contributed by atoms with Crippen LogP contribution in [0.4, 0.5) is 0 Å². The highest BCUT2D eigenvalue weighted by molar-refractivity contribution is 6.30. The van der Waals surface area contributed by atoms with Crippen molar-refractivity contribution in [3.8, 4) is 5.75 Å². The van der Waals surface area contributed by atoms with Crippen LogP contribution in [0.5, 0.6) is 5.75 Å². The van der Waals surface area contributed by atoms with Crippen LogP contribution in [0.3, 0.4) is 0 Å². The minimum absolute atomic E-state index is 0.131. The highest BCUT2D eigenvalue weighted by Gasteiger charge is 2.28. The monoisotopic (exact) mass is 430 g/mol. The van der Waals surface area contributed by atoms with Crippen molar-refractivity contribution in [1.29, 1.82) is 0 Å². The molecule has 0 fully saturated rings. The van der Waals surface area contributed by atoms with Gasteiger partial charge in [0.2, 0.25) is 5.91 Å². The van der Waals surface area contributed by atoms with Crippen molar-refractivity contribution in [2.45, 2.75) is 53.1 Å². The van der Waals surface area contributed by atoms with Gasteiger partial charge in [0.25, 0.3) is 5.91 Å². The molecule has 0 aliphatic heterocycles. The topological polar surface area (TPSA) is 58.6 Å². The van der Waals surface area contributed by atoms with Crippen LogP contribution in [0, 0.1) is 13.8 Å². The number of ether oxygens (including phenoxy) is 1. The first-order valence-electron chi connectivity index (χ1n) is 10.4. The Morgan fingerprint density at radius 3 is 2.37 bits per heavy atom. The van der Waals surface area contributed by atoms with Gasteiger partial charge in [0, 0.05) is 18.1 Å². The maximum absolute atomic E-state index is 13.1. The lowest BCUT2D eigenvalue weighted by atomic mass is 10.1. The van der Waals surface area contributed by atoms with Crippen LogP contribution >= 0.6 is 11.6 Å². The summed E-state index contributed by atoms with van der Waals surface area (Å²) in [5.74, 6) is 0.260. The molecular formula is C24H31ClN2O3. The third-order valence-corrected chi connectivity index (χ3v) is 5.29. The Balaban J connectivity index is 2.18. The first kappa shape index (κ1) is 23.7. The van der Waals surface area contributed by atoms with E-state index in [1.165, 1.54) is 0 Å². The molecule has 0 aromatic heterocycles. The Bertz CT molecular complexity index is 852. The van der Waals surface area contributed by atoms with Crippen molar-refractivity contribution in [3.05, 3.63) is 64.2 Å². The Morgan fingerprint density at radius 1 is 1.07 bits per heavy atom. The molecule has 0 saturated carbocycles. The number of hydrogen-bond donors (Lipinski definition) is 1. The van der Waals surface area contributed by atoms with Crippen LogP contribution in [0.2, 0.25) is 5.02 Å². The molecule has 2 aromatic carbocycles. The van der Waals surface area contributed by atoms with Gasteiger partial charge in [-0.1, -0.05) is 43.6 Å². The van der Waals surface area contributed by atoms with E-state index < -0.39 is 6.04 Å². The SMILES string of the molecule is CCCNC(=O)[C@H](CC)N(Cc1ccc(Cl)cc1)C(=O)COc1ccc(C)c(C)c1. The summed E-state index contributed by atoms with van der Waals surface area (Å²) in [6.07, 6.45) is 1.35. The molecule has 0 heterocycles. The zero-order chi connectivity index (χ0) is 22.1. The number of benzene rings is 2. The Hall–Kier alpha value is -2.53. The molecule has 0 unspecified atom stereocenters. The highest BCUT2D eigenvalue weighted by Crippen LogP contribution is 2.18. The second kappa shape index (κ2) is 11.6. The van der Waals surface area contributed by atoms with Crippen LogP contribution in [-0.2, 0) is 16.1 Å². The molecule has 0 aliphatic carbocycles. The fourth-order valence-corrected chi connectivity index (χ4v) is 3.23. The predicted molar refractivity (Wildman–Crippen MR) is 121 cm³/mol. The number of rotatable bonds is 10. The Labute approximate surface area is 184 Å². The summed E-state index contributed by atoms with van der Waals surface area (Å²) in [5.41, 5.74) is 3.17. The lowest BCUT2D eigenvalue weighted by molar-refractivity contribution is -0.143. The van der Waals surface area contributed by atoms with Crippen molar-refractivity contribution in [2.75, 3.05) is 13.2 Å². The maximum atomic E-state index is 13.1. The van der Waals surface area contributed by atoms with Crippen molar-refractivity contribution in [1.82, 2.24) is 10.2 Å². The standard InChI is InChI=1S/C24H31ClN2O3/c1-5-13-26-24(29)22(6-2)27(15-19-8-10-20(25)11-9-19)23(28)16-30-21-12-7-17(3)18(4)14-21/h7-12,14,22H,5-6,13,15-16H2,1-4H3,(H,26,29)/t22-/m0/s1. The van der Waals surface area contributed by atoms with Gasteiger partial charge in [0.05, 0.1) is 0 Å². The first-order chi connectivity index (χ1) is 14.3. The molecule has 1 atom stereocenters. The second-order valence-corrected chi connectivity index (χ2v) is 7.83. The Kier molecular flexibility index (Phi) is 9.18. The van der Waals surface area contributed by atoms with E-state index in [1.807, 2.05) is 58.0 Å². The molecule has 2 rings (SSSR count). The zero-order valence-corrected chi connectivity index (χ0v) is 19.0. The zero-order valence-electron chi connectivity index (χ0n) is 18.2. The van der Waals surface area contributed by atoms with Crippen LogP contribution in [0.15, 0.2) is 42.5 Å². The lowest BCUT2D eigenvalue weighted by Crippen LogP contribution is -2.50. The van der Waals surface area contributed by atoms with Crippen LogP contribution < -0.4 is 10.1 Å². The summed E-state index contributed by atoms with van der Waals surface area (Å²) < 4.78 is 5.75. The molecule has 2 aromatic rings. The summed E-state index contributed by atoms with van der Waals surface area (Å²) in [7, 11) is 0. The van der Waals surface area contributed by atoms with E-state index in [0.717, 1.165) is 23.1 Å². The minimum atomic E-state index is -0.567. The van der Waals surface area contributed by atoms with Gasteiger partial charge in [0.1, 0.15) is 11.8 Å². The molecule has 2 amide bonds. The highest BCUT2D eigenvalue weighted by atomic mass is 35.5. The second-order valence-electron chi connectivity index (χ2n) is 7.40. The van der Waals surface area contributed by atoms with E-state index in [0.29, 0.717) is 30.3 Å². The molecule has 0 bridgehead atoms. The van der Waals surface area contributed by atoms with Crippen LogP contribution in [-0.4, -0.2) is 35.9 Å². The van der Waals surface area contributed by atoms with Gasteiger partial charge in [-0.15, -0.1) is 0 Å². The van der Waals surface area contributed by atoms with Gasteiger partial charge < -0.3 is 15.0 Å². The van der Waals surface area contributed by atoms with Crippen LogP contribution in [0.25, 0.3) is 0 Å². The van der Waals surface area contributed by atoms with E-state index in [4.69, 9.17) is 16.3 Å². The molecule has 0 saturated heterocycles. The smallest absolute Gasteiger partial charge is 0.261 e. The molecule has 1 N–H and O–H groups in total. The molecular weight excluding hydrogens is 400 g/mol. The van der Waals surface area contributed by atoms with Crippen molar-refractivity contribution in [3.63, 3.8) is 0 Å². The number of halogens is 1. The van der Waals surface area contributed by atoms with Crippen LogP contribution in [0.1, 0.15) is 43.4 Å². The van der Waals surface area contributed by atoms with Crippen molar-refractivity contribution >= 4 is 23.4 Å². The minimum Gasteiger partial charge on any atom is -0.484 e. The quantitative estimate of drug-likeness (QED) is 0.595. The third-order valence-electron chi connectivity index (χ3n) is 5.04.